The van der Waals surface area contributed by atoms with Gasteiger partial charge in [0, 0.05) is 31.8 Å². The largest absolute Gasteiger partial charge is 0.316 e. The fourth-order valence-electron chi connectivity index (χ4n) is 2.32. The number of hydrogen-bond acceptors (Lipinski definition) is 3. The maximum Gasteiger partial charge on any atom is 0.223 e. The lowest BCUT2D eigenvalue weighted by Crippen LogP contribution is -2.31. The number of rotatable bonds is 1. The lowest BCUT2D eigenvalue weighted by atomic mass is 10.0. The van der Waals surface area contributed by atoms with Crippen LogP contribution >= 0.6 is 0 Å². The summed E-state index contributed by atoms with van der Waals surface area (Å²) in [5.74, 6) is -0.741. The quantitative estimate of drug-likeness (QED) is 0.710. The summed E-state index contributed by atoms with van der Waals surface area (Å²) >= 11 is 0. The normalized spacial score (nSPS) is 24.8. The molecular formula is C11H14FNO3S. The molecule has 0 saturated heterocycles. The molecule has 1 aliphatic carbocycles. The zero-order valence-electron chi connectivity index (χ0n) is 9.73. The van der Waals surface area contributed by atoms with E-state index in [0.717, 1.165) is 11.8 Å². The molecule has 0 N–H and O–H groups in total. The minimum Gasteiger partial charge on any atom is -0.316 e. The number of allylic oxidation sites excluding steroid dienone is 2. The summed E-state index contributed by atoms with van der Waals surface area (Å²) in [7, 11) is -3.48. The second-order valence-electron chi connectivity index (χ2n) is 4.44. The van der Waals surface area contributed by atoms with Crippen LogP contribution in [0.4, 0.5) is 4.39 Å². The van der Waals surface area contributed by atoms with Gasteiger partial charge >= 0.3 is 0 Å². The van der Waals surface area contributed by atoms with Gasteiger partial charge in [0.2, 0.25) is 5.91 Å². The Bertz CT molecular complexity index is 533. The van der Waals surface area contributed by atoms with E-state index >= 15 is 0 Å². The van der Waals surface area contributed by atoms with Crippen molar-refractivity contribution in [3.63, 3.8) is 0 Å². The Morgan fingerprint density at radius 3 is 2.71 bits per heavy atom. The summed E-state index contributed by atoms with van der Waals surface area (Å²) in [4.78, 5) is 12.9. The van der Waals surface area contributed by atoms with E-state index in [1.807, 2.05) is 0 Å². The first-order valence-corrected chi connectivity index (χ1v) is 7.32. The molecule has 94 valence electrons. The van der Waals surface area contributed by atoms with Crippen LogP contribution in [0.3, 0.4) is 0 Å². The van der Waals surface area contributed by atoms with Gasteiger partial charge in [0.25, 0.3) is 0 Å². The van der Waals surface area contributed by atoms with Gasteiger partial charge in [0.05, 0.1) is 0 Å². The highest BCUT2D eigenvalue weighted by Gasteiger charge is 2.36. The molecule has 2 aliphatic rings. The molecule has 6 heteroatoms. The lowest BCUT2D eigenvalue weighted by molar-refractivity contribution is -0.126. The first kappa shape index (κ1) is 12.3. The average molecular weight is 259 g/mol. The third-order valence-electron chi connectivity index (χ3n) is 3.20. The van der Waals surface area contributed by atoms with E-state index < -0.39 is 20.9 Å². The highest BCUT2D eigenvalue weighted by Crippen LogP contribution is 2.36. The smallest absolute Gasteiger partial charge is 0.223 e. The van der Waals surface area contributed by atoms with Crippen molar-refractivity contribution in [2.45, 2.75) is 25.0 Å². The first-order chi connectivity index (χ1) is 7.80. The van der Waals surface area contributed by atoms with Gasteiger partial charge in [-0.05, 0) is 18.1 Å². The van der Waals surface area contributed by atoms with Crippen molar-refractivity contribution >= 4 is 15.7 Å². The van der Waals surface area contributed by atoms with Crippen LogP contribution in [0.5, 0.6) is 0 Å². The van der Waals surface area contributed by atoms with Crippen LogP contribution in [-0.2, 0) is 14.6 Å². The molecule has 1 unspecified atom stereocenters. The van der Waals surface area contributed by atoms with Crippen LogP contribution in [-0.4, -0.2) is 37.3 Å². The van der Waals surface area contributed by atoms with Gasteiger partial charge in [-0.3, -0.25) is 4.79 Å². The molecule has 1 heterocycles. The molecule has 0 fully saturated rings. The highest BCUT2D eigenvalue weighted by atomic mass is 32.2. The summed E-state index contributed by atoms with van der Waals surface area (Å²) < 4.78 is 36.6. The predicted octanol–water partition coefficient (Wildman–Crippen LogP) is 1.16. The molecule has 1 amide bonds. The summed E-state index contributed by atoms with van der Waals surface area (Å²) in [6.45, 7) is 1.94. The van der Waals surface area contributed by atoms with Crippen LogP contribution in [0.25, 0.3) is 0 Å². The molecule has 0 saturated carbocycles. The SMILES string of the molecule is CC(=O)N1CCC2=C1CC(S(C)(=O)=O)C(F)=C2. The van der Waals surface area contributed by atoms with Gasteiger partial charge in [0.1, 0.15) is 11.1 Å². The van der Waals surface area contributed by atoms with E-state index in [1.54, 1.807) is 0 Å². The summed E-state index contributed by atoms with van der Waals surface area (Å²) in [6, 6.07) is 0. The number of carbonyl (C=O) groups is 1. The monoisotopic (exact) mass is 259 g/mol. The Hall–Kier alpha value is -1.17. The number of nitrogens with zero attached hydrogens (tertiary/aromatic N) is 1. The Balaban J connectivity index is 2.38. The fraction of sp³-hybridized carbons (Fsp3) is 0.545. The van der Waals surface area contributed by atoms with E-state index in [1.165, 1.54) is 17.9 Å². The number of hydrogen-bond donors (Lipinski definition) is 0. The number of sulfone groups is 1. The molecule has 0 radical (unpaired) electrons. The van der Waals surface area contributed by atoms with E-state index in [4.69, 9.17) is 0 Å². The predicted molar refractivity (Wildman–Crippen MR) is 61.5 cm³/mol. The molecule has 2 rings (SSSR count). The Kier molecular flexibility index (Phi) is 2.85. The van der Waals surface area contributed by atoms with E-state index in [9.17, 15) is 17.6 Å². The second-order valence-corrected chi connectivity index (χ2v) is 6.67. The maximum atomic E-state index is 13.7. The third-order valence-corrected chi connectivity index (χ3v) is 4.62. The van der Waals surface area contributed by atoms with Gasteiger partial charge in [-0.1, -0.05) is 0 Å². The fourth-order valence-corrected chi connectivity index (χ4v) is 3.26. The first-order valence-electron chi connectivity index (χ1n) is 5.37. The van der Waals surface area contributed by atoms with Crippen molar-refractivity contribution in [2.24, 2.45) is 0 Å². The van der Waals surface area contributed by atoms with Crippen molar-refractivity contribution in [1.82, 2.24) is 4.90 Å². The van der Waals surface area contributed by atoms with Crippen LogP contribution in [0.1, 0.15) is 19.8 Å². The minimum absolute atomic E-state index is 0.0656. The summed E-state index contributed by atoms with van der Waals surface area (Å²) in [5, 5.41) is -1.14. The van der Waals surface area contributed by atoms with Gasteiger partial charge in [0.15, 0.2) is 9.84 Å². The van der Waals surface area contributed by atoms with Crippen LogP contribution < -0.4 is 0 Å². The molecule has 0 aromatic carbocycles. The molecule has 1 aliphatic heterocycles. The molecule has 0 aromatic heterocycles. The van der Waals surface area contributed by atoms with Gasteiger partial charge in [-0.25, -0.2) is 12.8 Å². The van der Waals surface area contributed by atoms with E-state index in [-0.39, 0.29) is 12.3 Å². The molecule has 17 heavy (non-hydrogen) atoms. The van der Waals surface area contributed by atoms with Crippen molar-refractivity contribution in [3.8, 4) is 0 Å². The molecule has 0 bridgehead atoms. The van der Waals surface area contributed by atoms with Crippen molar-refractivity contribution in [3.05, 3.63) is 23.2 Å². The number of carbonyl (C=O) groups excluding carboxylic acids is 1. The van der Waals surface area contributed by atoms with Gasteiger partial charge < -0.3 is 4.90 Å². The van der Waals surface area contributed by atoms with Crippen molar-refractivity contribution < 1.29 is 17.6 Å². The number of amides is 1. The van der Waals surface area contributed by atoms with Crippen molar-refractivity contribution in [2.75, 3.05) is 12.8 Å². The molecule has 0 spiro atoms. The average Bonchev–Trinajstić information content (AvgIpc) is 2.57. The zero-order chi connectivity index (χ0) is 12.8. The zero-order valence-corrected chi connectivity index (χ0v) is 10.6. The summed E-state index contributed by atoms with van der Waals surface area (Å²) in [5.41, 5.74) is 1.41. The van der Waals surface area contributed by atoms with Gasteiger partial charge in [-0.15, -0.1) is 0 Å². The van der Waals surface area contributed by atoms with Crippen LogP contribution in [0.2, 0.25) is 0 Å². The van der Waals surface area contributed by atoms with E-state index in [0.29, 0.717) is 18.7 Å². The second kappa shape index (κ2) is 3.94. The minimum atomic E-state index is -3.48. The van der Waals surface area contributed by atoms with Gasteiger partial charge in [-0.2, -0.15) is 0 Å². The molecule has 1 atom stereocenters. The highest BCUT2D eigenvalue weighted by molar-refractivity contribution is 7.91. The van der Waals surface area contributed by atoms with Crippen LogP contribution in [0, 0.1) is 0 Å². The Morgan fingerprint density at radius 1 is 1.53 bits per heavy atom. The number of halogens is 1. The lowest BCUT2D eigenvalue weighted by Gasteiger charge is -2.24. The standard InChI is InChI=1S/C11H14FNO3S/c1-7(14)13-4-3-8-5-9(12)11(6-10(8)13)17(2,15)16/h5,11H,3-4,6H2,1-2H3. The molecule has 0 aromatic rings. The molecular weight excluding hydrogens is 245 g/mol. The summed E-state index contributed by atoms with van der Waals surface area (Å²) in [6.07, 6.45) is 2.95. The topological polar surface area (TPSA) is 54.5 Å². The third kappa shape index (κ3) is 2.13. The van der Waals surface area contributed by atoms with Crippen LogP contribution in [0.15, 0.2) is 23.2 Å². The van der Waals surface area contributed by atoms with E-state index in [2.05, 4.69) is 0 Å². The van der Waals surface area contributed by atoms with Crippen molar-refractivity contribution in [1.29, 1.82) is 0 Å². The Labute approximate surface area is 99.7 Å². The Morgan fingerprint density at radius 2 is 2.18 bits per heavy atom. The maximum absolute atomic E-state index is 13.7. The molecule has 4 nitrogen and oxygen atoms in total.